The summed E-state index contributed by atoms with van der Waals surface area (Å²) in [5.41, 5.74) is 3.49. The summed E-state index contributed by atoms with van der Waals surface area (Å²) in [6.45, 7) is 3.77. The van der Waals surface area contributed by atoms with Gasteiger partial charge in [-0.15, -0.1) is 0 Å². The molecule has 1 aliphatic rings. The van der Waals surface area contributed by atoms with E-state index < -0.39 is 0 Å². The second kappa shape index (κ2) is 8.47. The number of fused-ring (bicyclic) bond motifs is 1. The first-order chi connectivity index (χ1) is 13.6. The van der Waals surface area contributed by atoms with E-state index in [0.717, 1.165) is 49.6 Å². The molecular formula is C21H22ClN3O2S. The molecule has 0 fully saturated rings. The minimum Gasteiger partial charge on any atom is -0.299 e. The molecule has 1 aliphatic heterocycles. The van der Waals surface area contributed by atoms with E-state index in [4.69, 9.17) is 11.6 Å². The van der Waals surface area contributed by atoms with Crippen molar-refractivity contribution in [3.8, 4) is 0 Å². The molecular weight excluding hydrogens is 394 g/mol. The van der Waals surface area contributed by atoms with Gasteiger partial charge in [0.05, 0.1) is 6.54 Å². The molecule has 4 rings (SSSR count). The topological polar surface area (TPSA) is 47.2 Å². The lowest BCUT2D eigenvalue weighted by molar-refractivity contribution is 0.247. The Labute approximate surface area is 172 Å². The third kappa shape index (κ3) is 4.29. The van der Waals surface area contributed by atoms with E-state index in [1.54, 1.807) is 16.1 Å². The van der Waals surface area contributed by atoms with Crippen LogP contribution in [0.3, 0.4) is 0 Å². The first-order valence-corrected chi connectivity index (χ1v) is 10.6. The number of benzene rings is 2. The summed E-state index contributed by atoms with van der Waals surface area (Å²) >= 11 is 6.90. The van der Waals surface area contributed by atoms with Gasteiger partial charge in [-0.1, -0.05) is 48.0 Å². The molecule has 0 amide bonds. The standard InChI is InChI=1S/C21H22ClN3O2S/c22-19-8-6-16(7-9-19)14-24-20(26)25(28-21(24)27)12-3-11-23-13-10-17-4-1-2-5-18(17)15-23/h1-2,4-9H,3,10-15H2. The molecule has 28 heavy (non-hydrogen) atoms. The Kier molecular flexibility index (Phi) is 5.80. The van der Waals surface area contributed by atoms with Crippen molar-refractivity contribution in [2.24, 2.45) is 0 Å². The molecule has 0 spiro atoms. The predicted octanol–water partition coefficient (Wildman–Crippen LogP) is 3.22. The fourth-order valence-electron chi connectivity index (χ4n) is 3.62. The highest BCUT2D eigenvalue weighted by Crippen LogP contribution is 2.18. The third-order valence-corrected chi connectivity index (χ3v) is 6.34. The van der Waals surface area contributed by atoms with Gasteiger partial charge in [-0.2, -0.15) is 0 Å². The lowest BCUT2D eigenvalue weighted by atomic mass is 10.00. The van der Waals surface area contributed by atoms with Crippen molar-refractivity contribution >= 4 is 23.1 Å². The van der Waals surface area contributed by atoms with E-state index in [0.29, 0.717) is 11.6 Å². The fourth-order valence-corrected chi connectivity index (χ4v) is 4.58. The van der Waals surface area contributed by atoms with Gasteiger partial charge in [-0.05, 0) is 41.7 Å². The van der Waals surface area contributed by atoms with Crippen LogP contribution in [0.15, 0.2) is 58.1 Å². The van der Waals surface area contributed by atoms with E-state index in [-0.39, 0.29) is 17.1 Å². The van der Waals surface area contributed by atoms with Crippen LogP contribution >= 0.6 is 23.1 Å². The SMILES string of the molecule is O=c1sn(CCCN2CCc3ccccc3C2)c(=O)n1Cc1ccc(Cl)cc1. The molecule has 0 saturated carbocycles. The quantitative estimate of drug-likeness (QED) is 0.621. The number of rotatable bonds is 6. The van der Waals surface area contributed by atoms with E-state index in [9.17, 15) is 9.59 Å². The van der Waals surface area contributed by atoms with Gasteiger partial charge in [-0.25, -0.2) is 13.3 Å². The minimum absolute atomic E-state index is 0.216. The Morgan fingerprint density at radius 2 is 1.71 bits per heavy atom. The molecule has 1 aromatic heterocycles. The number of hydrogen-bond donors (Lipinski definition) is 0. The number of halogens is 1. The molecule has 0 N–H and O–H groups in total. The summed E-state index contributed by atoms with van der Waals surface area (Å²) < 4.78 is 2.88. The number of nitrogens with zero attached hydrogens (tertiary/aromatic N) is 3. The molecule has 146 valence electrons. The van der Waals surface area contributed by atoms with E-state index in [1.165, 1.54) is 15.7 Å². The summed E-state index contributed by atoms with van der Waals surface area (Å²) in [6.07, 6.45) is 1.92. The van der Waals surface area contributed by atoms with Crippen molar-refractivity contribution in [2.75, 3.05) is 13.1 Å². The maximum Gasteiger partial charge on any atom is 0.341 e. The minimum atomic E-state index is -0.228. The van der Waals surface area contributed by atoms with Gasteiger partial charge in [0.1, 0.15) is 0 Å². The van der Waals surface area contributed by atoms with Crippen LogP contribution in [-0.2, 0) is 26.1 Å². The van der Waals surface area contributed by atoms with Crippen molar-refractivity contribution in [3.05, 3.63) is 90.4 Å². The van der Waals surface area contributed by atoms with Gasteiger partial charge in [0.15, 0.2) is 0 Å². The first-order valence-electron chi connectivity index (χ1n) is 9.45. The highest BCUT2D eigenvalue weighted by atomic mass is 35.5. The van der Waals surface area contributed by atoms with E-state index >= 15 is 0 Å². The zero-order valence-corrected chi connectivity index (χ0v) is 17.1. The molecule has 2 heterocycles. The maximum absolute atomic E-state index is 12.6. The molecule has 0 aliphatic carbocycles. The van der Waals surface area contributed by atoms with Gasteiger partial charge in [0.25, 0.3) is 0 Å². The summed E-state index contributed by atoms with van der Waals surface area (Å²) in [5.74, 6) is 0. The molecule has 0 atom stereocenters. The van der Waals surface area contributed by atoms with Crippen LogP contribution in [0, 0.1) is 0 Å². The normalized spacial score (nSPS) is 14.2. The van der Waals surface area contributed by atoms with Crippen LogP contribution in [0.5, 0.6) is 0 Å². The molecule has 3 aromatic rings. The van der Waals surface area contributed by atoms with Crippen LogP contribution in [0.2, 0.25) is 5.02 Å². The second-order valence-corrected chi connectivity index (χ2v) is 8.51. The third-order valence-electron chi connectivity index (χ3n) is 5.15. The first kappa shape index (κ1) is 19.2. The molecule has 0 unspecified atom stereocenters. The second-order valence-electron chi connectivity index (χ2n) is 7.10. The average Bonchev–Trinajstić information content (AvgIpc) is 2.97. The molecule has 7 heteroatoms. The predicted molar refractivity (Wildman–Crippen MR) is 113 cm³/mol. The van der Waals surface area contributed by atoms with Crippen molar-refractivity contribution in [3.63, 3.8) is 0 Å². The van der Waals surface area contributed by atoms with Crippen molar-refractivity contribution in [2.45, 2.75) is 32.5 Å². The van der Waals surface area contributed by atoms with Crippen molar-refractivity contribution in [1.82, 2.24) is 13.4 Å². The highest BCUT2D eigenvalue weighted by molar-refractivity contribution is 7.03. The Hall–Kier alpha value is -2.15. The fraction of sp³-hybridized carbons (Fsp3) is 0.333. The highest BCUT2D eigenvalue weighted by Gasteiger charge is 2.16. The van der Waals surface area contributed by atoms with Gasteiger partial charge >= 0.3 is 10.6 Å². The molecule has 0 radical (unpaired) electrons. The summed E-state index contributed by atoms with van der Waals surface area (Å²) in [7, 11) is 0. The van der Waals surface area contributed by atoms with Crippen molar-refractivity contribution in [1.29, 1.82) is 0 Å². The van der Waals surface area contributed by atoms with Gasteiger partial charge < -0.3 is 0 Å². The van der Waals surface area contributed by atoms with E-state index in [1.807, 2.05) is 12.1 Å². The molecule has 0 bridgehead atoms. The lowest BCUT2D eigenvalue weighted by Gasteiger charge is -2.28. The summed E-state index contributed by atoms with van der Waals surface area (Å²) in [5, 5.41) is 0.638. The average molecular weight is 416 g/mol. The van der Waals surface area contributed by atoms with Gasteiger partial charge in [0, 0.05) is 42.7 Å². The summed E-state index contributed by atoms with van der Waals surface area (Å²) in [6, 6.07) is 15.8. The number of hydrogen-bond acceptors (Lipinski definition) is 4. The van der Waals surface area contributed by atoms with E-state index in [2.05, 4.69) is 29.2 Å². The Balaban J connectivity index is 1.36. The monoisotopic (exact) mass is 415 g/mol. The Morgan fingerprint density at radius 1 is 0.964 bits per heavy atom. The van der Waals surface area contributed by atoms with Gasteiger partial charge in [0.2, 0.25) is 0 Å². The van der Waals surface area contributed by atoms with Crippen LogP contribution in [0.1, 0.15) is 23.1 Å². The van der Waals surface area contributed by atoms with Crippen LogP contribution in [0.25, 0.3) is 0 Å². The summed E-state index contributed by atoms with van der Waals surface area (Å²) in [4.78, 5) is 27.1. The Bertz CT molecular complexity index is 1070. The zero-order valence-electron chi connectivity index (χ0n) is 15.5. The van der Waals surface area contributed by atoms with Crippen LogP contribution in [0.4, 0.5) is 0 Å². The van der Waals surface area contributed by atoms with Crippen molar-refractivity contribution < 1.29 is 0 Å². The largest absolute Gasteiger partial charge is 0.341 e. The maximum atomic E-state index is 12.6. The number of aromatic nitrogens is 2. The molecule has 5 nitrogen and oxygen atoms in total. The Morgan fingerprint density at radius 3 is 2.50 bits per heavy atom. The van der Waals surface area contributed by atoms with Crippen LogP contribution < -0.4 is 10.6 Å². The number of aryl methyl sites for hydroxylation is 1. The lowest BCUT2D eigenvalue weighted by Crippen LogP contribution is -2.33. The van der Waals surface area contributed by atoms with Gasteiger partial charge in [-0.3, -0.25) is 9.69 Å². The molecule has 2 aromatic carbocycles. The zero-order chi connectivity index (χ0) is 19.5. The molecule has 0 saturated heterocycles. The van der Waals surface area contributed by atoms with Crippen LogP contribution in [-0.4, -0.2) is 26.5 Å². The smallest absolute Gasteiger partial charge is 0.299 e.